The Bertz CT molecular complexity index is 1230. The summed E-state index contributed by atoms with van der Waals surface area (Å²) < 4.78 is 6.46. The highest BCUT2D eigenvalue weighted by molar-refractivity contribution is 5.92. The van der Waals surface area contributed by atoms with E-state index < -0.39 is 0 Å². The number of hydrogen-bond donors (Lipinski definition) is 1. The summed E-state index contributed by atoms with van der Waals surface area (Å²) in [6.45, 7) is 0.354. The largest absolute Gasteiger partial charge is 0.497 e. The molecule has 1 aromatic heterocycles. The molecule has 0 unspecified atom stereocenters. The Hall–Kier alpha value is -3.93. The first kappa shape index (κ1) is 18.4. The van der Waals surface area contributed by atoms with Crippen molar-refractivity contribution in [2.75, 3.05) is 7.11 Å². The fourth-order valence-corrected chi connectivity index (χ4v) is 3.07. The molecule has 0 saturated carbocycles. The van der Waals surface area contributed by atoms with Crippen LogP contribution in [-0.2, 0) is 6.54 Å². The number of methoxy groups -OCH3 is 1. The molecule has 0 bridgehead atoms. The van der Waals surface area contributed by atoms with Gasteiger partial charge in [-0.05, 0) is 52.7 Å². The van der Waals surface area contributed by atoms with Crippen molar-refractivity contribution < 1.29 is 9.53 Å². The average Bonchev–Trinajstić information content (AvgIpc) is 2.77. The molecule has 0 spiro atoms. The van der Waals surface area contributed by atoms with Crippen molar-refractivity contribution in [2.24, 2.45) is 0 Å². The Kier molecular flexibility index (Phi) is 5.07. The van der Waals surface area contributed by atoms with Gasteiger partial charge >= 0.3 is 0 Å². The molecule has 0 atom stereocenters. The number of nitrogens with zero attached hydrogens (tertiary/aromatic N) is 2. The minimum Gasteiger partial charge on any atom is -0.497 e. The summed E-state index contributed by atoms with van der Waals surface area (Å²) in [5, 5.41) is 9.19. The van der Waals surface area contributed by atoms with Crippen LogP contribution in [0.25, 0.3) is 16.5 Å². The second-order valence-corrected chi connectivity index (χ2v) is 6.53. The monoisotopic (exact) mass is 385 g/mol. The lowest BCUT2D eigenvalue weighted by atomic mass is 10.1. The number of carbonyl (C=O) groups is 1. The number of nitrogens with one attached hydrogen (secondary N) is 1. The van der Waals surface area contributed by atoms with Crippen LogP contribution < -0.4 is 15.6 Å². The molecule has 4 aromatic rings. The first-order valence-electron chi connectivity index (χ1n) is 9.15. The van der Waals surface area contributed by atoms with E-state index in [9.17, 15) is 9.59 Å². The first-order valence-corrected chi connectivity index (χ1v) is 9.15. The summed E-state index contributed by atoms with van der Waals surface area (Å²) in [5.74, 6) is 0.461. The van der Waals surface area contributed by atoms with Crippen LogP contribution in [0.15, 0.2) is 83.7 Å². The summed E-state index contributed by atoms with van der Waals surface area (Å²) in [7, 11) is 1.64. The molecule has 0 aliphatic heterocycles. The number of fused-ring (bicyclic) bond motifs is 1. The van der Waals surface area contributed by atoms with E-state index in [2.05, 4.69) is 10.4 Å². The van der Waals surface area contributed by atoms with E-state index in [4.69, 9.17) is 4.74 Å². The fraction of sp³-hybridized carbons (Fsp3) is 0.0870. The molecule has 6 nitrogen and oxygen atoms in total. The van der Waals surface area contributed by atoms with Gasteiger partial charge in [0.1, 0.15) is 11.4 Å². The molecule has 1 N–H and O–H groups in total. The van der Waals surface area contributed by atoms with E-state index in [1.54, 1.807) is 19.2 Å². The topological polar surface area (TPSA) is 73.2 Å². The van der Waals surface area contributed by atoms with E-state index in [-0.39, 0.29) is 17.2 Å². The lowest BCUT2D eigenvalue weighted by Gasteiger charge is -2.09. The molecular weight excluding hydrogens is 366 g/mol. The van der Waals surface area contributed by atoms with Crippen molar-refractivity contribution in [3.63, 3.8) is 0 Å². The molecule has 0 radical (unpaired) electrons. The van der Waals surface area contributed by atoms with Crippen molar-refractivity contribution >= 4 is 16.7 Å². The van der Waals surface area contributed by atoms with Crippen molar-refractivity contribution in [3.8, 4) is 11.4 Å². The van der Waals surface area contributed by atoms with E-state index in [0.29, 0.717) is 12.2 Å². The third kappa shape index (κ3) is 4.01. The molecule has 6 heteroatoms. The molecule has 0 saturated heterocycles. The highest BCUT2D eigenvalue weighted by atomic mass is 16.5. The van der Waals surface area contributed by atoms with Gasteiger partial charge in [-0.15, -0.1) is 0 Å². The zero-order valence-corrected chi connectivity index (χ0v) is 15.8. The number of ether oxygens (including phenoxy) is 1. The van der Waals surface area contributed by atoms with Gasteiger partial charge in [-0.3, -0.25) is 9.59 Å². The van der Waals surface area contributed by atoms with E-state index in [0.717, 1.165) is 22.1 Å². The Labute approximate surface area is 167 Å². The van der Waals surface area contributed by atoms with E-state index in [1.165, 1.54) is 16.8 Å². The zero-order valence-electron chi connectivity index (χ0n) is 15.8. The molecule has 0 aliphatic carbocycles. The van der Waals surface area contributed by atoms with Gasteiger partial charge in [-0.1, -0.05) is 36.4 Å². The van der Waals surface area contributed by atoms with Crippen LogP contribution in [0.4, 0.5) is 0 Å². The summed E-state index contributed by atoms with van der Waals surface area (Å²) >= 11 is 0. The molecule has 144 valence electrons. The first-order chi connectivity index (χ1) is 14.1. The molecule has 1 amide bonds. The number of benzene rings is 3. The molecule has 0 aliphatic rings. The van der Waals surface area contributed by atoms with Gasteiger partial charge in [0.2, 0.25) is 0 Å². The summed E-state index contributed by atoms with van der Waals surface area (Å²) in [4.78, 5) is 24.7. The molecular formula is C23H19N3O3. The summed E-state index contributed by atoms with van der Waals surface area (Å²) in [6.07, 6.45) is 0. The minimum absolute atomic E-state index is 0.180. The SMILES string of the molecule is COc1ccc2cc(CNC(=O)c3ccc(=O)n(-c4ccccc4)n3)ccc2c1. The van der Waals surface area contributed by atoms with Gasteiger partial charge in [0, 0.05) is 12.6 Å². The highest BCUT2D eigenvalue weighted by Crippen LogP contribution is 2.21. The van der Waals surface area contributed by atoms with Crippen LogP contribution in [-0.4, -0.2) is 22.8 Å². The van der Waals surface area contributed by atoms with Gasteiger partial charge in [-0.2, -0.15) is 9.78 Å². The van der Waals surface area contributed by atoms with Crippen molar-refractivity contribution in [1.29, 1.82) is 0 Å². The Morgan fingerprint density at radius 1 is 0.966 bits per heavy atom. The van der Waals surface area contributed by atoms with Crippen LogP contribution in [0.2, 0.25) is 0 Å². The van der Waals surface area contributed by atoms with Gasteiger partial charge in [-0.25, -0.2) is 0 Å². The Morgan fingerprint density at radius 3 is 2.52 bits per heavy atom. The maximum absolute atomic E-state index is 12.6. The molecule has 3 aromatic carbocycles. The lowest BCUT2D eigenvalue weighted by Crippen LogP contribution is -2.28. The van der Waals surface area contributed by atoms with Gasteiger partial charge in [0.15, 0.2) is 0 Å². The Balaban J connectivity index is 1.51. The fourth-order valence-electron chi connectivity index (χ4n) is 3.07. The predicted molar refractivity (Wildman–Crippen MR) is 112 cm³/mol. The third-order valence-electron chi connectivity index (χ3n) is 4.60. The van der Waals surface area contributed by atoms with E-state index >= 15 is 0 Å². The average molecular weight is 385 g/mol. The quantitative estimate of drug-likeness (QED) is 0.572. The standard InChI is InChI=1S/C23H19N3O3/c1-29-20-10-9-17-13-16(7-8-18(17)14-20)15-24-23(28)21-11-12-22(27)26(25-21)19-5-3-2-4-6-19/h2-14H,15H2,1H3,(H,24,28). The van der Waals surface area contributed by atoms with Crippen molar-refractivity contribution in [3.05, 3.63) is 100 Å². The molecule has 1 heterocycles. The van der Waals surface area contributed by atoms with Crippen molar-refractivity contribution in [1.82, 2.24) is 15.1 Å². The number of aromatic nitrogens is 2. The van der Waals surface area contributed by atoms with Crippen LogP contribution in [0.1, 0.15) is 16.1 Å². The van der Waals surface area contributed by atoms with Crippen LogP contribution >= 0.6 is 0 Å². The molecule has 29 heavy (non-hydrogen) atoms. The third-order valence-corrected chi connectivity index (χ3v) is 4.60. The molecule has 0 fully saturated rings. The van der Waals surface area contributed by atoms with Gasteiger partial charge in [0.25, 0.3) is 11.5 Å². The number of amides is 1. The maximum Gasteiger partial charge on any atom is 0.272 e. The predicted octanol–water partition coefficient (Wildman–Crippen LogP) is 3.32. The maximum atomic E-state index is 12.6. The number of para-hydroxylation sites is 1. The zero-order chi connectivity index (χ0) is 20.2. The summed E-state index contributed by atoms with van der Waals surface area (Å²) in [6, 6.07) is 23.6. The number of carbonyl (C=O) groups excluding carboxylic acids is 1. The second kappa shape index (κ2) is 7.98. The van der Waals surface area contributed by atoms with Crippen LogP contribution in [0.3, 0.4) is 0 Å². The highest BCUT2D eigenvalue weighted by Gasteiger charge is 2.10. The van der Waals surface area contributed by atoms with Gasteiger partial charge < -0.3 is 10.1 Å². The van der Waals surface area contributed by atoms with E-state index in [1.807, 2.05) is 54.6 Å². The lowest BCUT2D eigenvalue weighted by molar-refractivity contribution is 0.0944. The van der Waals surface area contributed by atoms with Gasteiger partial charge in [0.05, 0.1) is 12.8 Å². The minimum atomic E-state index is -0.343. The second-order valence-electron chi connectivity index (χ2n) is 6.53. The number of hydrogen-bond acceptors (Lipinski definition) is 4. The molecule has 4 rings (SSSR count). The normalized spacial score (nSPS) is 10.7. The summed E-state index contributed by atoms with van der Waals surface area (Å²) in [5.41, 5.74) is 1.46. The van der Waals surface area contributed by atoms with Crippen LogP contribution in [0.5, 0.6) is 5.75 Å². The van der Waals surface area contributed by atoms with Crippen molar-refractivity contribution in [2.45, 2.75) is 6.54 Å². The van der Waals surface area contributed by atoms with Crippen LogP contribution in [0, 0.1) is 0 Å². The number of rotatable bonds is 5. The smallest absolute Gasteiger partial charge is 0.272 e. The Morgan fingerprint density at radius 2 is 1.72 bits per heavy atom.